The average molecular weight is 273 g/mol. The van der Waals surface area contributed by atoms with Gasteiger partial charge in [-0.2, -0.15) is 0 Å². The Bertz CT molecular complexity index is 449. The van der Waals surface area contributed by atoms with E-state index in [0.717, 1.165) is 30.2 Å². The van der Waals surface area contributed by atoms with Crippen molar-refractivity contribution in [2.75, 3.05) is 6.54 Å². The molecule has 3 heteroatoms. The van der Waals surface area contributed by atoms with Crippen LogP contribution in [0.1, 0.15) is 50.8 Å². The zero-order valence-electron chi connectivity index (χ0n) is 12.4. The van der Waals surface area contributed by atoms with Crippen molar-refractivity contribution in [3.63, 3.8) is 0 Å². The van der Waals surface area contributed by atoms with E-state index in [1.54, 1.807) is 0 Å². The Labute approximate surface area is 122 Å². The highest BCUT2D eigenvalue weighted by Gasteiger charge is 2.34. The highest BCUT2D eigenvalue weighted by molar-refractivity contribution is 4.97. The van der Waals surface area contributed by atoms with Gasteiger partial charge in [0.25, 0.3) is 0 Å². The second-order valence-electron chi connectivity index (χ2n) is 7.27. The van der Waals surface area contributed by atoms with Gasteiger partial charge in [0.05, 0.1) is 0 Å². The Kier molecular flexibility index (Phi) is 3.55. The van der Waals surface area contributed by atoms with Crippen LogP contribution in [0.5, 0.6) is 0 Å². The molecule has 0 aromatic carbocycles. The number of fused-ring (bicyclic) bond motifs is 1. The molecule has 1 aliphatic heterocycles. The van der Waals surface area contributed by atoms with Crippen LogP contribution in [-0.2, 0) is 13.0 Å². The highest BCUT2D eigenvalue weighted by Crippen LogP contribution is 2.43. The van der Waals surface area contributed by atoms with E-state index in [-0.39, 0.29) is 0 Å². The summed E-state index contributed by atoms with van der Waals surface area (Å²) in [6.45, 7) is 2.38. The molecule has 0 bridgehead atoms. The lowest BCUT2D eigenvalue weighted by Crippen LogP contribution is -2.39. The summed E-state index contributed by atoms with van der Waals surface area (Å²) in [6, 6.07) is 0.804. The maximum atomic E-state index is 4.42. The fraction of sp³-hybridized carbons (Fsp3) is 0.824. The van der Waals surface area contributed by atoms with Crippen molar-refractivity contribution in [1.29, 1.82) is 0 Å². The molecule has 2 fully saturated rings. The van der Waals surface area contributed by atoms with Crippen LogP contribution < -0.4 is 5.32 Å². The maximum Gasteiger partial charge on any atom is 0.108 e. The molecule has 1 N–H and O–H groups in total. The lowest BCUT2D eigenvalue weighted by Gasteiger charge is -2.32. The number of hydrogen-bond donors (Lipinski definition) is 1. The molecule has 2 aliphatic carbocycles. The third kappa shape index (κ3) is 2.78. The Morgan fingerprint density at radius 1 is 1.15 bits per heavy atom. The minimum absolute atomic E-state index is 0.804. The number of nitrogens with zero attached hydrogens (tertiary/aromatic N) is 2. The van der Waals surface area contributed by atoms with Crippen LogP contribution in [0.2, 0.25) is 0 Å². The quantitative estimate of drug-likeness (QED) is 0.914. The summed E-state index contributed by atoms with van der Waals surface area (Å²) in [4.78, 5) is 4.42. The largest absolute Gasteiger partial charge is 0.335 e. The predicted octanol–water partition coefficient (Wildman–Crippen LogP) is 3.00. The molecule has 2 heterocycles. The SMILES string of the molecule is c1cn2c(n1)CC[C@H](CN[C@@H]1CCC[C@H](C3CC3)C1)C2. The third-order valence-electron chi connectivity index (χ3n) is 5.73. The van der Waals surface area contributed by atoms with Crippen molar-refractivity contribution in [2.45, 2.75) is 64.0 Å². The van der Waals surface area contributed by atoms with Crippen molar-refractivity contribution < 1.29 is 0 Å². The molecule has 0 spiro atoms. The van der Waals surface area contributed by atoms with Crippen molar-refractivity contribution >= 4 is 0 Å². The summed E-state index contributed by atoms with van der Waals surface area (Å²) in [5.74, 6) is 4.24. The molecule has 0 saturated heterocycles. The fourth-order valence-electron chi connectivity index (χ4n) is 4.35. The zero-order valence-corrected chi connectivity index (χ0v) is 12.4. The number of aryl methyl sites for hydroxylation is 1. The van der Waals surface area contributed by atoms with Crippen LogP contribution in [0.25, 0.3) is 0 Å². The summed E-state index contributed by atoms with van der Waals surface area (Å²) in [5.41, 5.74) is 0. The molecule has 3 aliphatic rings. The lowest BCUT2D eigenvalue weighted by molar-refractivity contribution is 0.242. The first-order chi connectivity index (χ1) is 9.88. The molecule has 2 saturated carbocycles. The Hall–Kier alpha value is -0.830. The second kappa shape index (κ2) is 5.51. The van der Waals surface area contributed by atoms with E-state index in [4.69, 9.17) is 0 Å². The monoisotopic (exact) mass is 273 g/mol. The zero-order chi connectivity index (χ0) is 13.4. The lowest BCUT2D eigenvalue weighted by atomic mass is 9.82. The topological polar surface area (TPSA) is 29.9 Å². The van der Waals surface area contributed by atoms with Gasteiger partial charge in [-0.25, -0.2) is 4.98 Å². The van der Waals surface area contributed by atoms with Crippen LogP contribution in [0, 0.1) is 17.8 Å². The molecule has 110 valence electrons. The van der Waals surface area contributed by atoms with E-state index in [9.17, 15) is 0 Å². The first-order valence-electron chi connectivity index (χ1n) is 8.62. The number of hydrogen-bond acceptors (Lipinski definition) is 2. The number of imidazole rings is 1. The summed E-state index contributed by atoms with van der Waals surface area (Å²) in [7, 11) is 0. The summed E-state index contributed by atoms with van der Waals surface area (Å²) < 4.78 is 2.35. The van der Waals surface area contributed by atoms with Gasteiger partial charge in [0, 0.05) is 31.4 Å². The van der Waals surface area contributed by atoms with Gasteiger partial charge in [-0.3, -0.25) is 0 Å². The van der Waals surface area contributed by atoms with Crippen LogP contribution >= 0.6 is 0 Å². The molecule has 3 nitrogen and oxygen atoms in total. The van der Waals surface area contributed by atoms with Gasteiger partial charge in [0.15, 0.2) is 0 Å². The fourth-order valence-corrected chi connectivity index (χ4v) is 4.35. The normalized spacial score (nSPS) is 33.9. The minimum Gasteiger partial charge on any atom is -0.335 e. The molecule has 0 radical (unpaired) electrons. The van der Waals surface area contributed by atoms with Gasteiger partial charge in [-0.1, -0.05) is 12.8 Å². The molecular weight excluding hydrogens is 246 g/mol. The van der Waals surface area contributed by atoms with Gasteiger partial charge >= 0.3 is 0 Å². The van der Waals surface area contributed by atoms with Crippen molar-refractivity contribution in [3.05, 3.63) is 18.2 Å². The van der Waals surface area contributed by atoms with Crippen LogP contribution in [0.15, 0.2) is 12.4 Å². The second-order valence-corrected chi connectivity index (χ2v) is 7.27. The molecule has 0 unspecified atom stereocenters. The third-order valence-corrected chi connectivity index (χ3v) is 5.73. The van der Waals surface area contributed by atoms with Crippen molar-refractivity contribution in [3.8, 4) is 0 Å². The molecule has 0 amide bonds. The minimum atomic E-state index is 0.804. The molecule has 3 atom stereocenters. The molecular formula is C17H27N3. The molecule has 1 aromatic heterocycles. The molecule has 1 aromatic rings. The Morgan fingerprint density at radius 2 is 2.10 bits per heavy atom. The van der Waals surface area contributed by atoms with E-state index in [0.29, 0.717) is 0 Å². The first-order valence-corrected chi connectivity index (χ1v) is 8.62. The van der Waals surface area contributed by atoms with Crippen molar-refractivity contribution in [1.82, 2.24) is 14.9 Å². The summed E-state index contributed by atoms with van der Waals surface area (Å²) in [6.07, 6.45) is 15.4. The van der Waals surface area contributed by atoms with E-state index in [2.05, 4.69) is 21.1 Å². The Morgan fingerprint density at radius 3 is 3.00 bits per heavy atom. The van der Waals surface area contributed by atoms with Crippen LogP contribution in [0.3, 0.4) is 0 Å². The summed E-state index contributed by atoms with van der Waals surface area (Å²) >= 11 is 0. The number of rotatable bonds is 4. The van der Waals surface area contributed by atoms with E-state index in [1.165, 1.54) is 63.9 Å². The van der Waals surface area contributed by atoms with E-state index < -0.39 is 0 Å². The van der Waals surface area contributed by atoms with Gasteiger partial charge in [-0.05, 0) is 56.4 Å². The van der Waals surface area contributed by atoms with Gasteiger partial charge < -0.3 is 9.88 Å². The van der Waals surface area contributed by atoms with Gasteiger partial charge in [0.2, 0.25) is 0 Å². The number of aromatic nitrogens is 2. The number of nitrogens with one attached hydrogen (secondary N) is 1. The van der Waals surface area contributed by atoms with Crippen LogP contribution in [-0.4, -0.2) is 22.1 Å². The van der Waals surface area contributed by atoms with E-state index >= 15 is 0 Å². The predicted molar refractivity (Wildman–Crippen MR) is 80.5 cm³/mol. The average Bonchev–Trinajstić information content (AvgIpc) is 3.24. The van der Waals surface area contributed by atoms with Crippen molar-refractivity contribution in [2.24, 2.45) is 17.8 Å². The van der Waals surface area contributed by atoms with E-state index in [1.807, 2.05) is 6.20 Å². The Balaban J connectivity index is 1.26. The smallest absolute Gasteiger partial charge is 0.108 e. The maximum absolute atomic E-state index is 4.42. The van der Waals surface area contributed by atoms with Gasteiger partial charge in [0.1, 0.15) is 5.82 Å². The summed E-state index contributed by atoms with van der Waals surface area (Å²) in [5, 5.41) is 3.89. The molecule has 4 rings (SSSR count). The van der Waals surface area contributed by atoms with Gasteiger partial charge in [-0.15, -0.1) is 0 Å². The highest BCUT2D eigenvalue weighted by atomic mass is 15.1. The molecule has 20 heavy (non-hydrogen) atoms. The van der Waals surface area contributed by atoms with Crippen LogP contribution in [0.4, 0.5) is 0 Å². The standard InChI is InChI=1S/C17H27N3/c1-2-15(14-5-6-14)10-16(3-1)19-11-13-4-7-17-18-8-9-20(17)12-13/h8-9,13-16,19H,1-7,10-12H2/t13-,15+,16-/m1/s1. The first kappa shape index (κ1) is 12.9.